The molecule has 452 valence electrons. The zero-order valence-corrected chi connectivity index (χ0v) is 45.3. The Balaban J connectivity index is 0. The van der Waals surface area contributed by atoms with E-state index in [0.717, 1.165) is 43.2 Å². The Bertz CT molecular complexity index is 1910. The molecule has 8 amide bonds. The molecule has 80 heavy (non-hydrogen) atoms. The lowest BCUT2D eigenvalue weighted by molar-refractivity contribution is -0.140. The molecule has 40 heteroatoms. The Hall–Kier alpha value is -7.24. The highest BCUT2D eigenvalue weighted by Gasteiger charge is 2.28. The molecule has 0 fully saturated rings. The summed E-state index contributed by atoms with van der Waals surface area (Å²) in [6.45, 7) is -2.96. The lowest BCUT2D eigenvalue weighted by atomic mass is 10.1. The third-order valence-corrected chi connectivity index (χ3v) is 14.2. The molecule has 0 bridgehead atoms. The van der Waals surface area contributed by atoms with Gasteiger partial charge >= 0.3 is 47.8 Å². The van der Waals surface area contributed by atoms with Crippen LogP contribution in [0.4, 0.5) is 0 Å². The number of carboxylic acids is 8. The molecule has 0 rings (SSSR count). The first-order valence-electron chi connectivity index (χ1n) is 22.8. The van der Waals surface area contributed by atoms with Crippen LogP contribution < -0.4 is 65.5 Å². The highest BCUT2D eigenvalue weighted by Crippen LogP contribution is 2.24. The maximum absolute atomic E-state index is 12.4. The number of rotatable bonds is 42. The SMILES string of the molecule is N[C@H](CCC(=O)N[C@@H](CSSC[C@H](NC(=O)CC[C@H](N)C(=O)O)C(=O)NCC(=O)O)C(=O)NCC(=O)O)C(=O)O.N[C@H](CCC(=O)N[C@@H](CSSC[C@H](NC(=O)CC[C@H](N)C(=O)O)C(=O)NCC(=O)O)C(=O)NCC(=O)O)C(=O)O. The van der Waals surface area contributed by atoms with Gasteiger partial charge < -0.3 is 106 Å². The van der Waals surface area contributed by atoms with Gasteiger partial charge in [-0.1, -0.05) is 43.2 Å². The largest absolute Gasteiger partial charge is 0.480 e. The zero-order valence-electron chi connectivity index (χ0n) is 42.0. The van der Waals surface area contributed by atoms with E-state index < -0.39 is 170 Å². The van der Waals surface area contributed by atoms with Crippen LogP contribution in [0.15, 0.2) is 0 Å². The molecular weight excluding hydrogens is 1160 g/mol. The van der Waals surface area contributed by atoms with E-state index >= 15 is 0 Å². The monoisotopic (exact) mass is 1220 g/mol. The molecule has 0 aliphatic carbocycles. The van der Waals surface area contributed by atoms with E-state index in [2.05, 4.69) is 42.5 Å². The fourth-order valence-electron chi connectivity index (χ4n) is 5.05. The molecule has 24 N–H and O–H groups in total. The molecular formula is C40H64N12O24S4. The number of aliphatic carboxylic acids is 8. The minimum Gasteiger partial charge on any atom is -0.480 e. The van der Waals surface area contributed by atoms with Gasteiger partial charge in [0.05, 0.1) is 0 Å². The number of carbonyl (C=O) groups is 16. The van der Waals surface area contributed by atoms with Crippen molar-refractivity contribution in [2.45, 2.75) is 99.7 Å². The molecule has 0 aromatic rings. The summed E-state index contributed by atoms with van der Waals surface area (Å²) >= 11 is 0. The van der Waals surface area contributed by atoms with E-state index in [1.807, 2.05) is 0 Å². The summed E-state index contributed by atoms with van der Waals surface area (Å²) in [6.07, 6.45) is -2.25. The van der Waals surface area contributed by atoms with Crippen LogP contribution in [0.5, 0.6) is 0 Å². The quantitative estimate of drug-likeness (QED) is 0.0199. The maximum Gasteiger partial charge on any atom is 0.322 e. The first kappa shape index (κ1) is 74.8. The smallest absolute Gasteiger partial charge is 0.322 e. The van der Waals surface area contributed by atoms with Crippen LogP contribution in [0, 0.1) is 0 Å². The number of carboxylic acid groups (broad SMARTS) is 8. The fourth-order valence-corrected chi connectivity index (χ4v) is 9.70. The Morgan fingerprint density at radius 1 is 0.300 bits per heavy atom. The first-order chi connectivity index (χ1) is 37.3. The number of hydrogen-bond acceptors (Lipinski definition) is 24. The molecule has 0 saturated carbocycles. The Labute approximate surface area is 468 Å². The van der Waals surface area contributed by atoms with Gasteiger partial charge in [-0.3, -0.25) is 76.7 Å². The van der Waals surface area contributed by atoms with E-state index in [-0.39, 0.29) is 74.4 Å². The average Bonchev–Trinajstić information content (AvgIpc) is 3.37. The summed E-state index contributed by atoms with van der Waals surface area (Å²) in [4.78, 5) is 185. The molecule has 0 aromatic heterocycles. The number of carbonyl (C=O) groups excluding carboxylic acids is 8. The van der Waals surface area contributed by atoms with E-state index in [1.54, 1.807) is 0 Å². The van der Waals surface area contributed by atoms with Crippen molar-refractivity contribution in [3.8, 4) is 0 Å². The van der Waals surface area contributed by atoms with Crippen LogP contribution in [0.1, 0.15) is 51.4 Å². The van der Waals surface area contributed by atoms with Gasteiger partial charge in [-0.05, 0) is 25.7 Å². The van der Waals surface area contributed by atoms with Gasteiger partial charge in [0.1, 0.15) is 74.5 Å². The minimum absolute atomic E-state index is 0.155. The van der Waals surface area contributed by atoms with E-state index in [9.17, 15) is 76.7 Å². The van der Waals surface area contributed by atoms with Crippen LogP contribution in [0.2, 0.25) is 0 Å². The predicted molar refractivity (Wildman–Crippen MR) is 280 cm³/mol. The van der Waals surface area contributed by atoms with Crippen molar-refractivity contribution in [3.05, 3.63) is 0 Å². The summed E-state index contributed by atoms with van der Waals surface area (Å²) in [5.41, 5.74) is 21.4. The topological polar surface area (TPSA) is 635 Å². The van der Waals surface area contributed by atoms with Gasteiger partial charge in [0, 0.05) is 48.7 Å². The molecule has 0 aliphatic rings. The van der Waals surface area contributed by atoms with E-state index in [4.69, 9.17) is 63.8 Å². The second kappa shape index (κ2) is 41.8. The Kier molecular flexibility index (Phi) is 39.1. The molecule has 0 spiro atoms. The van der Waals surface area contributed by atoms with Gasteiger partial charge in [-0.25, -0.2) is 0 Å². The van der Waals surface area contributed by atoms with E-state index in [1.165, 1.54) is 0 Å². The van der Waals surface area contributed by atoms with Crippen LogP contribution in [0.3, 0.4) is 0 Å². The van der Waals surface area contributed by atoms with Crippen molar-refractivity contribution in [3.63, 3.8) is 0 Å². The number of hydrogen-bond donors (Lipinski definition) is 20. The van der Waals surface area contributed by atoms with E-state index in [0.29, 0.717) is 0 Å². The van der Waals surface area contributed by atoms with Crippen LogP contribution in [-0.2, 0) is 76.7 Å². The van der Waals surface area contributed by atoms with Crippen molar-refractivity contribution in [1.82, 2.24) is 42.5 Å². The van der Waals surface area contributed by atoms with Crippen LogP contribution in [0.25, 0.3) is 0 Å². The lowest BCUT2D eigenvalue weighted by Gasteiger charge is -2.20. The first-order valence-corrected chi connectivity index (χ1v) is 27.8. The van der Waals surface area contributed by atoms with Crippen LogP contribution in [-0.4, -0.2) is 233 Å². The van der Waals surface area contributed by atoms with Crippen molar-refractivity contribution in [2.75, 3.05) is 49.2 Å². The summed E-state index contributed by atoms with van der Waals surface area (Å²) in [7, 11) is 3.78. The highest BCUT2D eigenvalue weighted by atomic mass is 33.1. The molecule has 0 radical (unpaired) electrons. The average molecular weight is 1230 g/mol. The number of nitrogens with one attached hydrogen (secondary N) is 8. The molecule has 0 unspecified atom stereocenters. The predicted octanol–water partition coefficient (Wildman–Crippen LogP) is -7.75. The summed E-state index contributed by atoms with van der Waals surface area (Å²) in [6, 6.07) is -10.3. The molecule has 0 heterocycles. The van der Waals surface area contributed by atoms with Gasteiger partial charge in [-0.2, -0.15) is 0 Å². The number of nitrogens with two attached hydrogens (primary N) is 4. The standard InChI is InChI=1S/2C20H32N6O12S2/c2*21-9(19(35)36)1-3-13(27)25-11(17(33)23-5-15(29)30)7-39-40-8-12(18(34)24-6-16(31)32)26-14(28)4-2-10(22)20(37)38/h2*9-12H,1-8,21-22H2,(H,23,33)(H,24,34)(H,25,27)(H,26,28)(H,29,30)(H,31,32)(H,35,36)(H,37,38)/t2*9-,10+,11-,12-/m00/s1. The minimum atomic E-state index is -1.34. The lowest BCUT2D eigenvalue weighted by Crippen LogP contribution is -2.50. The van der Waals surface area contributed by atoms with Crippen molar-refractivity contribution in [1.29, 1.82) is 0 Å². The van der Waals surface area contributed by atoms with Gasteiger partial charge in [0.2, 0.25) is 47.3 Å². The third-order valence-electron chi connectivity index (χ3n) is 9.37. The molecule has 0 aliphatic heterocycles. The summed E-state index contributed by atoms with van der Waals surface area (Å²) in [5.74, 6) is -17.6. The van der Waals surface area contributed by atoms with Crippen LogP contribution >= 0.6 is 43.2 Å². The summed E-state index contributed by atoms with van der Waals surface area (Å²) in [5, 5.41) is 88.1. The molecule has 0 saturated heterocycles. The second-order valence-corrected chi connectivity index (χ2v) is 21.1. The Morgan fingerprint density at radius 2 is 0.463 bits per heavy atom. The fraction of sp³-hybridized carbons (Fsp3) is 0.600. The third kappa shape index (κ3) is 38.3. The van der Waals surface area contributed by atoms with Crippen molar-refractivity contribution in [2.24, 2.45) is 22.9 Å². The van der Waals surface area contributed by atoms with Gasteiger partial charge in [0.15, 0.2) is 0 Å². The maximum atomic E-state index is 12.4. The normalized spacial score (nSPS) is 13.6. The number of amides is 8. The van der Waals surface area contributed by atoms with Gasteiger partial charge in [0.25, 0.3) is 0 Å². The summed E-state index contributed by atoms with van der Waals surface area (Å²) < 4.78 is 0. The molecule has 8 atom stereocenters. The highest BCUT2D eigenvalue weighted by molar-refractivity contribution is 8.77. The van der Waals surface area contributed by atoms with Gasteiger partial charge in [-0.15, -0.1) is 0 Å². The second-order valence-electron chi connectivity index (χ2n) is 16.0. The zero-order chi connectivity index (χ0) is 61.7. The van der Waals surface area contributed by atoms with Crippen molar-refractivity contribution >= 4 is 138 Å². The Morgan fingerprint density at radius 3 is 0.600 bits per heavy atom. The van der Waals surface area contributed by atoms with Crippen molar-refractivity contribution < 1.29 is 118 Å². The molecule has 36 nitrogen and oxygen atoms in total. The molecule has 0 aromatic carbocycles.